The van der Waals surface area contributed by atoms with Gasteiger partial charge in [0.25, 0.3) is 0 Å². The molecule has 0 aliphatic heterocycles. The molecule has 3 heteroatoms. The molecular formula is C17H20N2O. The van der Waals surface area contributed by atoms with Gasteiger partial charge in [0.2, 0.25) is 0 Å². The lowest BCUT2D eigenvalue weighted by Crippen LogP contribution is -2.10. The van der Waals surface area contributed by atoms with E-state index in [1.807, 2.05) is 19.2 Å². The third-order valence-corrected chi connectivity index (χ3v) is 3.53. The van der Waals surface area contributed by atoms with Crippen LogP contribution in [0.15, 0.2) is 42.5 Å². The van der Waals surface area contributed by atoms with E-state index < -0.39 is 0 Å². The summed E-state index contributed by atoms with van der Waals surface area (Å²) in [6.07, 6.45) is 1.03. The van der Waals surface area contributed by atoms with E-state index in [1.165, 1.54) is 12.5 Å². The second kappa shape index (κ2) is 5.78. The summed E-state index contributed by atoms with van der Waals surface area (Å²) in [5.41, 5.74) is 10.4. The van der Waals surface area contributed by atoms with Gasteiger partial charge in [-0.1, -0.05) is 19.1 Å². The maximum atomic E-state index is 11.4. The Morgan fingerprint density at radius 2 is 1.70 bits per heavy atom. The molecule has 0 fully saturated rings. The molecule has 2 aromatic carbocycles. The summed E-state index contributed by atoms with van der Waals surface area (Å²) in [5.74, 6) is -0.0102. The Morgan fingerprint density at radius 3 is 2.20 bits per heavy atom. The van der Waals surface area contributed by atoms with Gasteiger partial charge in [0.1, 0.15) is 0 Å². The molecule has 20 heavy (non-hydrogen) atoms. The van der Waals surface area contributed by atoms with Crippen molar-refractivity contribution in [1.29, 1.82) is 0 Å². The molecule has 0 spiro atoms. The predicted octanol–water partition coefficient (Wildman–Crippen LogP) is 3.80. The summed E-state index contributed by atoms with van der Waals surface area (Å²) in [7, 11) is 1.99. The van der Waals surface area contributed by atoms with Crippen molar-refractivity contribution in [3.05, 3.63) is 53.6 Å². The predicted molar refractivity (Wildman–Crippen MR) is 84.7 cm³/mol. The van der Waals surface area contributed by atoms with E-state index in [2.05, 4.69) is 36.1 Å². The lowest BCUT2D eigenvalue weighted by Gasteiger charge is -2.20. The molecule has 0 unspecified atom stereocenters. The number of hydrogen-bond acceptors (Lipinski definition) is 3. The van der Waals surface area contributed by atoms with Gasteiger partial charge in [-0.3, -0.25) is 4.79 Å². The van der Waals surface area contributed by atoms with Crippen LogP contribution in [0.3, 0.4) is 0 Å². The lowest BCUT2D eigenvalue weighted by molar-refractivity contribution is 0.101. The highest BCUT2D eigenvalue weighted by molar-refractivity contribution is 5.99. The second-order valence-corrected chi connectivity index (χ2v) is 4.91. The average molecular weight is 268 g/mol. The fourth-order valence-corrected chi connectivity index (χ4v) is 2.18. The number of rotatable bonds is 4. The minimum absolute atomic E-state index is 0.0102. The highest BCUT2D eigenvalue weighted by Crippen LogP contribution is 2.27. The third kappa shape index (κ3) is 2.82. The zero-order chi connectivity index (χ0) is 14.7. The van der Waals surface area contributed by atoms with Crippen LogP contribution in [0.5, 0.6) is 0 Å². The maximum Gasteiger partial charge on any atom is 0.161 e. The molecule has 0 bridgehead atoms. The monoisotopic (exact) mass is 268 g/mol. The van der Waals surface area contributed by atoms with Crippen molar-refractivity contribution in [2.75, 3.05) is 17.7 Å². The van der Waals surface area contributed by atoms with E-state index in [0.29, 0.717) is 11.3 Å². The van der Waals surface area contributed by atoms with Crippen LogP contribution in [0.4, 0.5) is 17.1 Å². The molecule has 0 amide bonds. The zero-order valence-electron chi connectivity index (χ0n) is 12.2. The zero-order valence-corrected chi connectivity index (χ0v) is 12.2. The number of carbonyl (C=O) groups excluding carboxylic acids is 1. The summed E-state index contributed by atoms with van der Waals surface area (Å²) >= 11 is 0. The van der Waals surface area contributed by atoms with Gasteiger partial charge in [0.15, 0.2) is 5.78 Å². The molecule has 3 nitrogen and oxygen atoms in total. The van der Waals surface area contributed by atoms with Crippen LogP contribution in [-0.2, 0) is 6.42 Å². The minimum atomic E-state index is -0.0102. The Morgan fingerprint density at radius 1 is 1.10 bits per heavy atom. The molecule has 2 aromatic rings. The smallest absolute Gasteiger partial charge is 0.161 e. The Kier molecular flexibility index (Phi) is 4.08. The molecule has 2 rings (SSSR count). The van der Waals surface area contributed by atoms with E-state index in [1.54, 1.807) is 6.07 Å². The molecule has 0 aliphatic rings. The number of hydrogen-bond donors (Lipinski definition) is 1. The molecule has 0 aromatic heterocycles. The summed E-state index contributed by atoms with van der Waals surface area (Å²) < 4.78 is 0. The fraction of sp³-hybridized carbons (Fsp3) is 0.235. The summed E-state index contributed by atoms with van der Waals surface area (Å²) in [6, 6.07) is 14.0. The number of anilines is 3. The number of ketones is 1. The van der Waals surface area contributed by atoms with Crippen LogP contribution in [0, 0.1) is 0 Å². The molecule has 0 saturated heterocycles. The topological polar surface area (TPSA) is 46.3 Å². The number of aryl methyl sites for hydroxylation is 1. The highest BCUT2D eigenvalue weighted by atomic mass is 16.1. The van der Waals surface area contributed by atoms with Crippen molar-refractivity contribution >= 4 is 22.8 Å². The molecule has 0 aliphatic carbocycles. The standard InChI is InChI=1S/C17H20N2O/c1-4-13-5-7-14(8-6-13)19(3)15-9-10-16(12(2)20)17(18)11-15/h5-11H,4,18H2,1-3H3. The van der Waals surface area contributed by atoms with Crippen molar-refractivity contribution < 1.29 is 4.79 Å². The van der Waals surface area contributed by atoms with Crippen LogP contribution in [0.1, 0.15) is 29.8 Å². The third-order valence-electron chi connectivity index (χ3n) is 3.53. The van der Waals surface area contributed by atoms with Gasteiger partial charge in [-0.25, -0.2) is 0 Å². The Balaban J connectivity index is 2.30. The van der Waals surface area contributed by atoms with Gasteiger partial charge in [0, 0.05) is 29.7 Å². The van der Waals surface area contributed by atoms with Crippen molar-refractivity contribution in [3.8, 4) is 0 Å². The number of nitrogens with zero attached hydrogens (tertiary/aromatic N) is 1. The fourth-order valence-electron chi connectivity index (χ4n) is 2.18. The van der Waals surface area contributed by atoms with E-state index in [9.17, 15) is 4.79 Å². The summed E-state index contributed by atoms with van der Waals surface area (Å²) in [4.78, 5) is 13.4. The van der Waals surface area contributed by atoms with Crippen molar-refractivity contribution in [2.45, 2.75) is 20.3 Å². The highest BCUT2D eigenvalue weighted by Gasteiger charge is 2.09. The summed E-state index contributed by atoms with van der Waals surface area (Å²) in [6.45, 7) is 3.67. The number of benzene rings is 2. The molecule has 2 N–H and O–H groups in total. The van der Waals surface area contributed by atoms with Gasteiger partial charge >= 0.3 is 0 Å². The molecule has 0 atom stereocenters. The van der Waals surface area contributed by atoms with Gasteiger partial charge < -0.3 is 10.6 Å². The van der Waals surface area contributed by atoms with Crippen molar-refractivity contribution in [2.24, 2.45) is 0 Å². The number of nitrogens with two attached hydrogens (primary N) is 1. The van der Waals surface area contributed by atoms with Crippen molar-refractivity contribution in [3.63, 3.8) is 0 Å². The van der Waals surface area contributed by atoms with E-state index in [4.69, 9.17) is 5.73 Å². The quantitative estimate of drug-likeness (QED) is 0.677. The molecule has 0 radical (unpaired) electrons. The number of carbonyl (C=O) groups is 1. The van der Waals surface area contributed by atoms with Gasteiger partial charge in [0.05, 0.1) is 0 Å². The van der Waals surface area contributed by atoms with E-state index >= 15 is 0 Å². The molecule has 104 valence electrons. The van der Waals surface area contributed by atoms with Crippen LogP contribution in [0.25, 0.3) is 0 Å². The first-order chi connectivity index (χ1) is 9.52. The van der Waals surface area contributed by atoms with Crippen LogP contribution < -0.4 is 10.6 Å². The molecule has 0 heterocycles. The number of nitrogen functional groups attached to an aromatic ring is 1. The van der Waals surface area contributed by atoms with Crippen molar-refractivity contribution in [1.82, 2.24) is 0 Å². The largest absolute Gasteiger partial charge is 0.398 e. The number of Topliss-reactive ketones (excluding diaryl/α,β-unsaturated/α-hetero) is 1. The molecule has 0 saturated carbocycles. The Labute approximate surface area is 120 Å². The van der Waals surface area contributed by atoms with Crippen LogP contribution in [0.2, 0.25) is 0 Å². The summed E-state index contributed by atoms with van der Waals surface area (Å²) in [5, 5.41) is 0. The lowest BCUT2D eigenvalue weighted by atomic mass is 10.1. The van der Waals surface area contributed by atoms with Gasteiger partial charge in [-0.2, -0.15) is 0 Å². The van der Waals surface area contributed by atoms with Crippen LogP contribution in [-0.4, -0.2) is 12.8 Å². The van der Waals surface area contributed by atoms with E-state index in [-0.39, 0.29) is 5.78 Å². The first kappa shape index (κ1) is 14.1. The SMILES string of the molecule is CCc1ccc(N(C)c2ccc(C(C)=O)c(N)c2)cc1. The average Bonchev–Trinajstić information content (AvgIpc) is 2.46. The Hall–Kier alpha value is -2.29. The van der Waals surface area contributed by atoms with Gasteiger partial charge in [-0.15, -0.1) is 0 Å². The minimum Gasteiger partial charge on any atom is -0.398 e. The van der Waals surface area contributed by atoms with Crippen LogP contribution >= 0.6 is 0 Å². The maximum absolute atomic E-state index is 11.4. The van der Waals surface area contributed by atoms with E-state index in [0.717, 1.165) is 17.8 Å². The first-order valence-electron chi connectivity index (χ1n) is 6.76. The molecular weight excluding hydrogens is 248 g/mol. The van der Waals surface area contributed by atoms with Gasteiger partial charge in [-0.05, 0) is 49.2 Å². The first-order valence-corrected chi connectivity index (χ1v) is 6.76. The second-order valence-electron chi connectivity index (χ2n) is 4.91. The Bertz CT molecular complexity index is 617. The normalized spacial score (nSPS) is 10.3.